The fourth-order valence-electron chi connectivity index (χ4n) is 1.09. The number of nitriles is 1. The van der Waals surface area contributed by atoms with Gasteiger partial charge in [0.15, 0.2) is 0 Å². The van der Waals surface area contributed by atoms with Crippen molar-refractivity contribution in [1.29, 1.82) is 5.26 Å². The molecule has 1 amide bonds. The van der Waals surface area contributed by atoms with Crippen LogP contribution in [-0.4, -0.2) is 12.5 Å². The van der Waals surface area contributed by atoms with Crippen molar-refractivity contribution in [2.75, 3.05) is 11.9 Å². The molecule has 4 nitrogen and oxygen atoms in total. The van der Waals surface area contributed by atoms with Gasteiger partial charge >= 0.3 is 0 Å². The summed E-state index contributed by atoms with van der Waals surface area (Å²) in [6.45, 7) is 2.11. The van der Waals surface area contributed by atoms with Crippen LogP contribution in [0.5, 0.6) is 0 Å². The lowest BCUT2D eigenvalue weighted by atomic mass is 10.1. The van der Waals surface area contributed by atoms with Gasteiger partial charge in [-0.3, -0.25) is 4.79 Å². The molecular weight excluding hydrogens is 226 g/mol. The molecular formula is C11H12ClN3O. The van der Waals surface area contributed by atoms with Crippen LogP contribution in [0.15, 0.2) is 18.2 Å². The number of nitrogens with one attached hydrogen (secondary N) is 1. The summed E-state index contributed by atoms with van der Waals surface area (Å²) in [5.74, 6) is -0.665. The van der Waals surface area contributed by atoms with Gasteiger partial charge in [0.2, 0.25) is 5.91 Å². The number of nitrogens with zero attached hydrogens (tertiary/aromatic N) is 1. The maximum Gasteiger partial charge on any atom is 0.222 e. The van der Waals surface area contributed by atoms with Crippen molar-refractivity contribution < 1.29 is 4.79 Å². The van der Waals surface area contributed by atoms with Gasteiger partial charge in [-0.1, -0.05) is 18.5 Å². The SMILES string of the molecule is CC(CNc1cc(C#N)ccc1Cl)C(N)=O. The highest BCUT2D eigenvalue weighted by Crippen LogP contribution is 2.22. The molecule has 0 saturated heterocycles. The molecule has 0 saturated carbocycles. The first-order chi connectivity index (χ1) is 7.54. The Labute approximate surface area is 99.0 Å². The lowest BCUT2D eigenvalue weighted by molar-refractivity contribution is -0.120. The standard InChI is InChI=1S/C11H12ClN3O/c1-7(11(14)16)6-15-10-4-8(5-13)2-3-9(10)12/h2-4,7,15H,6H2,1H3,(H2,14,16). The third kappa shape index (κ3) is 3.14. The lowest BCUT2D eigenvalue weighted by Crippen LogP contribution is -2.26. The summed E-state index contributed by atoms with van der Waals surface area (Å²) in [5.41, 5.74) is 6.28. The number of nitrogens with two attached hydrogens (primary N) is 1. The van der Waals surface area contributed by atoms with E-state index in [0.717, 1.165) is 0 Å². The molecule has 0 aliphatic heterocycles. The minimum Gasteiger partial charge on any atom is -0.383 e. The van der Waals surface area contributed by atoms with Crippen LogP contribution >= 0.6 is 11.6 Å². The zero-order valence-electron chi connectivity index (χ0n) is 8.83. The van der Waals surface area contributed by atoms with Crippen LogP contribution in [0.2, 0.25) is 5.02 Å². The van der Waals surface area contributed by atoms with Gasteiger partial charge < -0.3 is 11.1 Å². The zero-order chi connectivity index (χ0) is 12.1. The Bertz CT molecular complexity index is 439. The van der Waals surface area contributed by atoms with Crippen molar-refractivity contribution in [3.63, 3.8) is 0 Å². The Morgan fingerprint density at radius 2 is 2.38 bits per heavy atom. The number of hydrogen-bond donors (Lipinski definition) is 2. The average Bonchev–Trinajstić information content (AvgIpc) is 2.27. The second-order valence-electron chi connectivity index (χ2n) is 3.49. The molecule has 0 heterocycles. The van der Waals surface area contributed by atoms with E-state index in [1.165, 1.54) is 0 Å². The minimum atomic E-state index is -0.375. The van der Waals surface area contributed by atoms with Gasteiger partial charge in [0, 0.05) is 6.54 Å². The first-order valence-corrected chi connectivity index (χ1v) is 5.15. The maximum absolute atomic E-state index is 10.8. The normalized spacial score (nSPS) is 11.6. The zero-order valence-corrected chi connectivity index (χ0v) is 9.58. The topological polar surface area (TPSA) is 78.9 Å². The van der Waals surface area contributed by atoms with Gasteiger partial charge in [-0.05, 0) is 18.2 Å². The summed E-state index contributed by atoms with van der Waals surface area (Å²) < 4.78 is 0. The van der Waals surface area contributed by atoms with Crippen molar-refractivity contribution in [2.24, 2.45) is 11.7 Å². The molecule has 0 bridgehead atoms. The highest BCUT2D eigenvalue weighted by molar-refractivity contribution is 6.33. The van der Waals surface area contributed by atoms with Crippen LogP contribution in [-0.2, 0) is 4.79 Å². The van der Waals surface area contributed by atoms with E-state index in [9.17, 15) is 4.79 Å². The van der Waals surface area contributed by atoms with E-state index in [2.05, 4.69) is 5.32 Å². The summed E-state index contributed by atoms with van der Waals surface area (Å²) in [7, 11) is 0. The molecule has 0 aromatic heterocycles. The molecule has 84 valence electrons. The Morgan fingerprint density at radius 3 is 2.94 bits per heavy atom. The number of carbonyl (C=O) groups excluding carboxylic acids is 1. The molecule has 16 heavy (non-hydrogen) atoms. The molecule has 0 fully saturated rings. The summed E-state index contributed by atoms with van der Waals surface area (Å²) in [6.07, 6.45) is 0. The molecule has 0 spiro atoms. The van der Waals surface area contributed by atoms with Crippen molar-refractivity contribution in [3.05, 3.63) is 28.8 Å². The number of anilines is 1. The number of primary amides is 1. The lowest BCUT2D eigenvalue weighted by Gasteiger charge is -2.11. The molecule has 0 aliphatic rings. The third-order valence-electron chi connectivity index (χ3n) is 2.18. The van der Waals surface area contributed by atoms with Crippen LogP contribution in [0.25, 0.3) is 0 Å². The van der Waals surface area contributed by atoms with E-state index in [1.54, 1.807) is 25.1 Å². The van der Waals surface area contributed by atoms with Crippen molar-refractivity contribution in [3.8, 4) is 6.07 Å². The quantitative estimate of drug-likeness (QED) is 0.837. The number of halogens is 1. The van der Waals surface area contributed by atoms with Crippen molar-refractivity contribution >= 4 is 23.2 Å². The summed E-state index contributed by atoms with van der Waals surface area (Å²) in [4.78, 5) is 10.8. The number of amides is 1. The van der Waals surface area contributed by atoms with E-state index < -0.39 is 0 Å². The highest BCUT2D eigenvalue weighted by atomic mass is 35.5. The molecule has 0 radical (unpaired) electrons. The molecule has 1 aromatic carbocycles. The summed E-state index contributed by atoms with van der Waals surface area (Å²) >= 11 is 5.93. The van der Waals surface area contributed by atoms with Gasteiger partial charge in [-0.25, -0.2) is 0 Å². The largest absolute Gasteiger partial charge is 0.383 e. The van der Waals surface area contributed by atoms with Crippen molar-refractivity contribution in [2.45, 2.75) is 6.92 Å². The number of rotatable bonds is 4. The maximum atomic E-state index is 10.8. The van der Waals surface area contributed by atoms with Gasteiger partial charge in [-0.2, -0.15) is 5.26 Å². The van der Waals surface area contributed by atoms with Gasteiger partial charge in [0.05, 0.1) is 28.3 Å². The van der Waals surface area contributed by atoms with Crippen LogP contribution < -0.4 is 11.1 Å². The molecule has 1 rings (SSSR count). The molecule has 1 unspecified atom stereocenters. The second kappa shape index (κ2) is 5.38. The molecule has 1 atom stereocenters. The molecule has 5 heteroatoms. The average molecular weight is 238 g/mol. The fraction of sp³-hybridized carbons (Fsp3) is 0.273. The number of hydrogen-bond acceptors (Lipinski definition) is 3. The first kappa shape index (κ1) is 12.3. The molecule has 1 aromatic rings. The molecule has 0 aliphatic carbocycles. The van der Waals surface area contributed by atoms with E-state index in [4.69, 9.17) is 22.6 Å². The first-order valence-electron chi connectivity index (χ1n) is 4.77. The van der Waals surface area contributed by atoms with E-state index >= 15 is 0 Å². The van der Waals surface area contributed by atoms with E-state index in [-0.39, 0.29) is 11.8 Å². The number of benzene rings is 1. The van der Waals surface area contributed by atoms with E-state index in [0.29, 0.717) is 22.8 Å². The molecule has 3 N–H and O–H groups in total. The van der Waals surface area contributed by atoms with E-state index in [1.807, 2.05) is 6.07 Å². The van der Waals surface area contributed by atoms with Crippen LogP contribution in [0.1, 0.15) is 12.5 Å². The Hall–Kier alpha value is -1.73. The third-order valence-corrected chi connectivity index (χ3v) is 2.51. The Morgan fingerprint density at radius 1 is 1.69 bits per heavy atom. The highest BCUT2D eigenvalue weighted by Gasteiger charge is 2.09. The summed E-state index contributed by atoms with van der Waals surface area (Å²) in [6, 6.07) is 6.92. The van der Waals surface area contributed by atoms with Gasteiger partial charge in [0.25, 0.3) is 0 Å². The Kier molecular flexibility index (Phi) is 4.15. The smallest absolute Gasteiger partial charge is 0.222 e. The van der Waals surface area contributed by atoms with Crippen LogP contribution in [0.3, 0.4) is 0 Å². The predicted molar refractivity (Wildman–Crippen MR) is 63.0 cm³/mol. The van der Waals surface area contributed by atoms with Gasteiger partial charge in [0.1, 0.15) is 0 Å². The van der Waals surface area contributed by atoms with Gasteiger partial charge in [-0.15, -0.1) is 0 Å². The van der Waals surface area contributed by atoms with Crippen molar-refractivity contribution in [1.82, 2.24) is 0 Å². The Balaban J connectivity index is 2.74. The number of carbonyl (C=O) groups is 1. The monoisotopic (exact) mass is 237 g/mol. The van der Waals surface area contributed by atoms with Crippen LogP contribution in [0, 0.1) is 17.2 Å². The minimum absolute atomic E-state index is 0.290. The van der Waals surface area contributed by atoms with Crippen LogP contribution in [0.4, 0.5) is 5.69 Å². The fourth-order valence-corrected chi connectivity index (χ4v) is 1.28. The predicted octanol–water partition coefficient (Wildman–Crippen LogP) is 1.74. The second-order valence-corrected chi connectivity index (χ2v) is 3.90. The summed E-state index contributed by atoms with van der Waals surface area (Å²) in [5, 5.41) is 12.2.